The number of hydrogen-bond acceptors (Lipinski definition) is 4. The molecule has 0 aromatic heterocycles. The van der Waals surface area contributed by atoms with E-state index in [0.717, 1.165) is 12.0 Å². The Labute approximate surface area is 201 Å². The van der Waals surface area contributed by atoms with E-state index in [1.807, 2.05) is 49.9 Å². The zero-order valence-electron chi connectivity index (χ0n) is 20.5. The van der Waals surface area contributed by atoms with Crippen LogP contribution in [0, 0.1) is 12.8 Å². The lowest BCUT2D eigenvalue weighted by atomic mass is 9.88. The van der Waals surface area contributed by atoms with Crippen molar-refractivity contribution >= 4 is 17.7 Å². The third-order valence-corrected chi connectivity index (χ3v) is 6.47. The van der Waals surface area contributed by atoms with Gasteiger partial charge in [-0.15, -0.1) is 0 Å². The summed E-state index contributed by atoms with van der Waals surface area (Å²) in [7, 11) is 1.55. The summed E-state index contributed by atoms with van der Waals surface area (Å²) in [5.41, 5.74) is 2.16. The molecule has 2 aromatic carbocycles. The quantitative estimate of drug-likeness (QED) is 0.624. The standard InChI is InChI=1S/C27H35N3O4/c1-5-19(3)28-26(32)24(29-25(31)21-9-7-11-23(17-21)34-4)20-12-14-30(15-13-20)27(33)22-10-6-8-18(2)16-22/h6-11,16-17,19-20,24H,5,12-15H2,1-4H3,(H,28,32)(H,29,31)/t19-,24+/m1/s1. The van der Waals surface area contributed by atoms with Crippen molar-refractivity contribution in [2.75, 3.05) is 20.2 Å². The number of amides is 3. The van der Waals surface area contributed by atoms with Gasteiger partial charge in [0.15, 0.2) is 0 Å². The molecule has 0 aliphatic carbocycles. The normalized spacial score (nSPS) is 15.8. The van der Waals surface area contributed by atoms with Gasteiger partial charge in [-0.3, -0.25) is 14.4 Å². The Morgan fingerprint density at radius 2 is 1.71 bits per heavy atom. The molecular formula is C27H35N3O4. The van der Waals surface area contributed by atoms with Crippen molar-refractivity contribution in [3.05, 3.63) is 65.2 Å². The van der Waals surface area contributed by atoms with Crippen LogP contribution in [0.1, 0.15) is 59.4 Å². The van der Waals surface area contributed by atoms with Crippen molar-refractivity contribution in [2.24, 2.45) is 5.92 Å². The van der Waals surface area contributed by atoms with E-state index < -0.39 is 6.04 Å². The average Bonchev–Trinajstić information content (AvgIpc) is 2.86. The molecule has 1 aliphatic heterocycles. The number of carbonyl (C=O) groups is 3. The number of piperidine rings is 1. The lowest BCUT2D eigenvalue weighted by molar-refractivity contribution is -0.125. The van der Waals surface area contributed by atoms with Crippen LogP contribution in [0.25, 0.3) is 0 Å². The predicted molar refractivity (Wildman–Crippen MR) is 132 cm³/mol. The van der Waals surface area contributed by atoms with Crippen LogP contribution < -0.4 is 15.4 Å². The zero-order chi connectivity index (χ0) is 24.7. The summed E-state index contributed by atoms with van der Waals surface area (Å²) < 4.78 is 5.22. The molecule has 0 unspecified atom stereocenters. The summed E-state index contributed by atoms with van der Waals surface area (Å²) in [4.78, 5) is 40.9. The molecule has 7 nitrogen and oxygen atoms in total. The number of likely N-dealkylation sites (tertiary alicyclic amines) is 1. The van der Waals surface area contributed by atoms with E-state index in [1.54, 1.807) is 31.4 Å². The SMILES string of the molecule is CC[C@@H](C)NC(=O)[C@@H](NC(=O)c1cccc(OC)c1)C1CCN(C(=O)c2cccc(C)c2)CC1. The first-order chi connectivity index (χ1) is 16.3. The maximum Gasteiger partial charge on any atom is 0.253 e. The molecule has 2 aromatic rings. The average molecular weight is 466 g/mol. The first-order valence-electron chi connectivity index (χ1n) is 11.9. The molecule has 2 N–H and O–H groups in total. The highest BCUT2D eigenvalue weighted by molar-refractivity contribution is 5.98. The van der Waals surface area contributed by atoms with Gasteiger partial charge in [0, 0.05) is 30.3 Å². The van der Waals surface area contributed by atoms with Crippen LogP contribution in [0.2, 0.25) is 0 Å². The van der Waals surface area contributed by atoms with E-state index in [0.29, 0.717) is 42.8 Å². The summed E-state index contributed by atoms with van der Waals surface area (Å²) in [6, 6.07) is 13.8. The number of ether oxygens (including phenoxy) is 1. The number of hydrogen-bond donors (Lipinski definition) is 2. The highest BCUT2D eigenvalue weighted by atomic mass is 16.5. The maximum absolute atomic E-state index is 13.1. The Bertz CT molecular complexity index is 1010. The maximum atomic E-state index is 13.1. The first-order valence-corrected chi connectivity index (χ1v) is 11.9. The minimum absolute atomic E-state index is 0.00294. The minimum Gasteiger partial charge on any atom is -0.497 e. The topological polar surface area (TPSA) is 87.7 Å². The van der Waals surface area contributed by atoms with Gasteiger partial charge < -0.3 is 20.3 Å². The largest absolute Gasteiger partial charge is 0.497 e. The summed E-state index contributed by atoms with van der Waals surface area (Å²) in [5.74, 6) is 0.00935. The smallest absolute Gasteiger partial charge is 0.253 e. The van der Waals surface area contributed by atoms with E-state index in [-0.39, 0.29) is 29.7 Å². The third-order valence-electron chi connectivity index (χ3n) is 6.47. The highest BCUT2D eigenvalue weighted by Crippen LogP contribution is 2.24. The summed E-state index contributed by atoms with van der Waals surface area (Å²) in [6.45, 7) is 7.00. The number of methoxy groups -OCH3 is 1. The van der Waals surface area contributed by atoms with Gasteiger partial charge >= 0.3 is 0 Å². The van der Waals surface area contributed by atoms with Gasteiger partial charge in [0.25, 0.3) is 11.8 Å². The molecule has 3 rings (SSSR count). The van der Waals surface area contributed by atoms with Crippen LogP contribution in [0.4, 0.5) is 0 Å². The molecule has 7 heteroatoms. The number of carbonyl (C=O) groups excluding carboxylic acids is 3. The van der Waals surface area contributed by atoms with Crippen LogP contribution in [0.15, 0.2) is 48.5 Å². The third kappa shape index (κ3) is 6.37. The second-order valence-corrected chi connectivity index (χ2v) is 9.00. The number of benzene rings is 2. The van der Waals surface area contributed by atoms with E-state index in [2.05, 4.69) is 10.6 Å². The fraction of sp³-hybridized carbons (Fsp3) is 0.444. The van der Waals surface area contributed by atoms with E-state index in [4.69, 9.17) is 4.74 Å². The summed E-state index contributed by atoms with van der Waals surface area (Å²) in [6.07, 6.45) is 2.06. The van der Waals surface area contributed by atoms with E-state index in [9.17, 15) is 14.4 Å². The van der Waals surface area contributed by atoms with Crippen LogP contribution in [-0.4, -0.2) is 54.9 Å². The Kier molecular flexibility index (Phi) is 8.68. The first kappa shape index (κ1) is 25.3. The van der Waals surface area contributed by atoms with Crippen LogP contribution >= 0.6 is 0 Å². The van der Waals surface area contributed by atoms with Gasteiger partial charge in [-0.25, -0.2) is 0 Å². The van der Waals surface area contributed by atoms with E-state index in [1.165, 1.54) is 0 Å². The number of nitrogens with one attached hydrogen (secondary N) is 2. The lowest BCUT2D eigenvalue weighted by Gasteiger charge is -2.36. The number of nitrogens with zero attached hydrogens (tertiary/aromatic N) is 1. The predicted octanol–water partition coefficient (Wildman–Crippen LogP) is 3.57. The van der Waals surface area contributed by atoms with Gasteiger partial charge in [-0.05, 0) is 69.4 Å². The van der Waals surface area contributed by atoms with Gasteiger partial charge in [-0.2, -0.15) is 0 Å². The van der Waals surface area contributed by atoms with Crippen molar-refractivity contribution in [3.63, 3.8) is 0 Å². The molecule has 0 radical (unpaired) electrons. The molecule has 34 heavy (non-hydrogen) atoms. The van der Waals surface area contributed by atoms with Crippen molar-refractivity contribution in [1.29, 1.82) is 0 Å². The number of rotatable bonds is 8. The van der Waals surface area contributed by atoms with Gasteiger partial charge in [0.1, 0.15) is 11.8 Å². The fourth-order valence-electron chi connectivity index (χ4n) is 4.22. The highest BCUT2D eigenvalue weighted by Gasteiger charge is 2.34. The Hall–Kier alpha value is -3.35. The number of aryl methyl sites for hydroxylation is 1. The second kappa shape index (κ2) is 11.7. The summed E-state index contributed by atoms with van der Waals surface area (Å²) >= 11 is 0. The molecule has 1 fully saturated rings. The molecule has 1 saturated heterocycles. The molecule has 3 amide bonds. The van der Waals surface area contributed by atoms with Gasteiger partial charge in [0.05, 0.1) is 7.11 Å². The molecule has 0 saturated carbocycles. The molecule has 1 aliphatic rings. The molecule has 1 heterocycles. The van der Waals surface area contributed by atoms with Crippen molar-refractivity contribution < 1.29 is 19.1 Å². The van der Waals surface area contributed by atoms with Crippen molar-refractivity contribution in [3.8, 4) is 5.75 Å². The minimum atomic E-state index is -0.677. The molecule has 2 atom stereocenters. The summed E-state index contributed by atoms with van der Waals surface area (Å²) in [5, 5.41) is 5.97. The Morgan fingerprint density at radius 3 is 2.35 bits per heavy atom. The monoisotopic (exact) mass is 465 g/mol. The van der Waals surface area contributed by atoms with Gasteiger partial charge in [-0.1, -0.05) is 30.7 Å². The zero-order valence-corrected chi connectivity index (χ0v) is 20.5. The van der Waals surface area contributed by atoms with Gasteiger partial charge in [0.2, 0.25) is 5.91 Å². The van der Waals surface area contributed by atoms with Crippen LogP contribution in [0.3, 0.4) is 0 Å². The van der Waals surface area contributed by atoms with Crippen molar-refractivity contribution in [2.45, 2.75) is 52.1 Å². The lowest BCUT2D eigenvalue weighted by Crippen LogP contribution is -2.55. The van der Waals surface area contributed by atoms with Crippen LogP contribution in [-0.2, 0) is 4.79 Å². The fourth-order valence-corrected chi connectivity index (χ4v) is 4.22. The molecule has 0 bridgehead atoms. The second-order valence-electron chi connectivity index (χ2n) is 9.00. The molecular weight excluding hydrogens is 430 g/mol. The van der Waals surface area contributed by atoms with Crippen molar-refractivity contribution in [1.82, 2.24) is 15.5 Å². The Morgan fingerprint density at radius 1 is 1.03 bits per heavy atom. The Balaban J connectivity index is 1.71. The van der Waals surface area contributed by atoms with E-state index >= 15 is 0 Å². The molecule has 0 spiro atoms. The molecule has 182 valence electrons. The van der Waals surface area contributed by atoms with Crippen LogP contribution in [0.5, 0.6) is 5.75 Å².